The van der Waals surface area contributed by atoms with Crippen molar-refractivity contribution in [1.29, 1.82) is 0 Å². The highest BCUT2D eigenvalue weighted by atomic mass is 32.2. The van der Waals surface area contributed by atoms with E-state index in [1.807, 2.05) is 42.2 Å². The zero-order valence-corrected chi connectivity index (χ0v) is 21.6. The van der Waals surface area contributed by atoms with Gasteiger partial charge in [-0.1, -0.05) is 43.3 Å². The van der Waals surface area contributed by atoms with Crippen LogP contribution in [0.2, 0.25) is 0 Å². The Hall–Kier alpha value is -3.45. The minimum absolute atomic E-state index is 0.104. The summed E-state index contributed by atoms with van der Waals surface area (Å²) in [6.45, 7) is 4.61. The van der Waals surface area contributed by atoms with E-state index in [1.165, 1.54) is 11.8 Å². The van der Waals surface area contributed by atoms with Crippen molar-refractivity contribution in [3.8, 4) is 0 Å². The Bertz CT molecular complexity index is 1320. The van der Waals surface area contributed by atoms with Crippen LogP contribution in [0.1, 0.15) is 49.0 Å². The molecule has 0 atom stereocenters. The lowest BCUT2D eigenvalue weighted by Gasteiger charge is -2.25. The highest BCUT2D eigenvalue weighted by Gasteiger charge is 2.29. The Morgan fingerprint density at radius 2 is 1.58 bits per heavy atom. The van der Waals surface area contributed by atoms with Gasteiger partial charge in [-0.05, 0) is 73.2 Å². The summed E-state index contributed by atoms with van der Waals surface area (Å²) < 4.78 is 25.2. The molecule has 0 unspecified atom stereocenters. The van der Waals surface area contributed by atoms with Crippen LogP contribution in [-0.2, 0) is 21.2 Å². The molecule has 0 aromatic heterocycles. The molecule has 0 bridgehead atoms. The Labute approximate surface area is 213 Å². The lowest BCUT2D eigenvalue weighted by atomic mass is 10.1. The molecule has 36 heavy (non-hydrogen) atoms. The molecule has 7 heteroatoms. The molecule has 0 spiro atoms. The number of amides is 2. The van der Waals surface area contributed by atoms with Crippen molar-refractivity contribution in [2.24, 2.45) is 5.92 Å². The SMILES string of the molecule is CCCN(Cc1ccccc1)C(=O)c1cccc(N(C(C)=O)c2ccc(S(=O)(=O)CC3CC3)cc2)c1. The first-order valence-corrected chi connectivity index (χ1v) is 14.0. The largest absolute Gasteiger partial charge is 0.334 e. The van der Waals surface area contributed by atoms with Gasteiger partial charge in [-0.2, -0.15) is 0 Å². The van der Waals surface area contributed by atoms with E-state index in [0.29, 0.717) is 30.0 Å². The molecule has 6 nitrogen and oxygen atoms in total. The number of carbonyl (C=O) groups excluding carboxylic acids is 2. The first-order valence-electron chi connectivity index (χ1n) is 12.4. The van der Waals surface area contributed by atoms with Crippen molar-refractivity contribution in [3.05, 3.63) is 90.0 Å². The van der Waals surface area contributed by atoms with Crippen LogP contribution in [-0.4, -0.2) is 37.4 Å². The zero-order valence-electron chi connectivity index (χ0n) is 20.8. The lowest BCUT2D eigenvalue weighted by Crippen LogP contribution is -2.31. The monoisotopic (exact) mass is 504 g/mol. The van der Waals surface area contributed by atoms with Crippen molar-refractivity contribution >= 4 is 33.0 Å². The third kappa shape index (κ3) is 6.21. The van der Waals surface area contributed by atoms with E-state index in [1.54, 1.807) is 48.5 Å². The Kier molecular flexibility index (Phi) is 7.89. The third-order valence-corrected chi connectivity index (χ3v) is 8.17. The van der Waals surface area contributed by atoms with Crippen LogP contribution < -0.4 is 4.90 Å². The predicted molar refractivity (Wildman–Crippen MR) is 142 cm³/mol. The molecular formula is C29H32N2O4S. The second kappa shape index (κ2) is 11.1. The fourth-order valence-electron chi connectivity index (χ4n) is 4.29. The molecule has 0 heterocycles. The molecule has 1 aliphatic rings. The molecular weight excluding hydrogens is 472 g/mol. The van der Waals surface area contributed by atoms with Gasteiger partial charge in [-0.3, -0.25) is 14.5 Å². The number of anilines is 2. The standard InChI is InChI=1S/C29H32N2O4S/c1-3-18-30(20-23-8-5-4-6-9-23)29(33)25-10-7-11-27(19-25)31(22(2)32)26-14-16-28(17-15-26)36(34,35)21-24-12-13-24/h4-11,14-17,19,24H,3,12-13,18,20-21H2,1-2H3. The normalized spacial score (nSPS) is 13.3. The predicted octanol–water partition coefficient (Wildman–Crippen LogP) is 5.61. The maximum Gasteiger partial charge on any atom is 0.254 e. The fourth-order valence-corrected chi connectivity index (χ4v) is 5.99. The average Bonchev–Trinajstić information content (AvgIpc) is 3.68. The molecule has 1 fully saturated rings. The summed E-state index contributed by atoms with van der Waals surface area (Å²) in [5.74, 6) is 0.0951. The van der Waals surface area contributed by atoms with Gasteiger partial charge in [0.1, 0.15) is 0 Å². The summed E-state index contributed by atoms with van der Waals surface area (Å²) >= 11 is 0. The van der Waals surface area contributed by atoms with Crippen molar-refractivity contribution in [2.45, 2.75) is 44.6 Å². The summed E-state index contributed by atoms with van der Waals surface area (Å²) in [7, 11) is -3.34. The molecule has 3 aromatic rings. The number of sulfone groups is 1. The van der Waals surface area contributed by atoms with Crippen LogP contribution in [0.5, 0.6) is 0 Å². The van der Waals surface area contributed by atoms with Gasteiger partial charge < -0.3 is 4.90 Å². The van der Waals surface area contributed by atoms with Crippen molar-refractivity contribution < 1.29 is 18.0 Å². The summed E-state index contributed by atoms with van der Waals surface area (Å²) in [6, 6.07) is 23.3. The fraction of sp³-hybridized carbons (Fsp3) is 0.310. The molecule has 0 N–H and O–H groups in total. The number of benzene rings is 3. The van der Waals surface area contributed by atoms with Crippen molar-refractivity contribution in [1.82, 2.24) is 4.90 Å². The Balaban J connectivity index is 1.59. The highest BCUT2D eigenvalue weighted by Crippen LogP contribution is 2.33. The number of carbonyl (C=O) groups is 2. The van der Waals surface area contributed by atoms with Crippen LogP contribution in [0.15, 0.2) is 83.8 Å². The van der Waals surface area contributed by atoms with Gasteiger partial charge in [0.15, 0.2) is 9.84 Å². The van der Waals surface area contributed by atoms with Gasteiger partial charge in [0.2, 0.25) is 5.91 Å². The van der Waals surface area contributed by atoms with Gasteiger partial charge in [-0.25, -0.2) is 8.42 Å². The first-order chi connectivity index (χ1) is 17.3. The van der Waals surface area contributed by atoms with Gasteiger partial charge in [0.05, 0.1) is 10.6 Å². The quantitative estimate of drug-likeness (QED) is 0.360. The van der Waals surface area contributed by atoms with Gasteiger partial charge in [0.25, 0.3) is 5.91 Å². The summed E-state index contributed by atoms with van der Waals surface area (Å²) in [6.07, 6.45) is 2.75. The molecule has 1 aliphatic carbocycles. The van der Waals surface area contributed by atoms with Crippen molar-refractivity contribution in [2.75, 3.05) is 17.2 Å². The van der Waals surface area contributed by atoms with Gasteiger partial charge >= 0.3 is 0 Å². The molecule has 0 saturated heterocycles. The first kappa shape index (κ1) is 25.6. The smallest absolute Gasteiger partial charge is 0.254 e. The van der Waals surface area contributed by atoms with Crippen LogP contribution in [0.3, 0.4) is 0 Å². The van der Waals surface area contributed by atoms with Crippen LogP contribution >= 0.6 is 0 Å². The summed E-state index contributed by atoms with van der Waals surface area (Å²) in [5, 5.41) is 0. The van der Waals surface area contributed by atoms with E-state index >= 15 is 0 Å². The van der Waals surface area contributed by atoms with E-state index in [4.69, 9.17) is 0 Å². The maximum atomic E-state index is 13.4. The highest BCUT2D eigenvalue weighted by molar-refractivity contribution is 7.91. The molecule has 0 aliphatic heterocycles. The van der Waals surface area contributed by atoms with Gasteiger partial charge in [0, 0.05) is 37.0 Å². The molecule has 1 saturated carbocycles. The number of hydrogen-bond acceptors (Lipinski definition) is 4. The van der Waals surface area contributed by atoms with E-state index in [2.05, 4.69) is 0 Å². The zero-order chi connectivity index (χ0) is 25.7. The number of hydrogen-bond donors (Lipinski definition) is 0. The van der Waals surface area contributed by atoms with Crippen LogP contribution in [0.4, 0.5) is 11.4 Å². The Morgan fingerprint density at radius 1 is 0.889 bits per heavy atom. The lowest BCUT2D eigenvalue weighted by molar-refractivity contribution is -0.115. The molecule has 188 valence electrons. The van der Waals surface area contributed by atoms with E-state index in [9.17, 15) is 18.0 Å². The molecule has 2 amide bonds. The summed E-state index contributed by atoms with van der Waals surface area (Å²) in [5.41, 5.74) is 2.65. The third-order valence-electron chi connectivity index (χ3n) is 6.27. The Morgan fingerprint density at radius 3 is 2.19 bits per heavy atom. The van der Waals surface area contributed by atoms with Crippen molar-refractivity contribution in [3.63, 3.8) is 0 Å². The summed E-state index contributed by atoms with van der Waals surface area (Å²) in [4.78, 5) is 29.6. The maximum absolute atomic E-state index is 13.4. The van der Waals surface area contributed by atoms with Gasteiger partial charge in [-0.15, -0.1) is 0 Å². The molecule has 3 aromatic carbocycles. The minimum atomic E-state index is -3.34. The average molecular weight is 505 g/mol. The van der Waals surface area contributed by atoms with E-state index in [0.717, 1.165) is 24.8 Å². The molecule has 0 radical (unpaired) electrons. The minimum Gasteiger partial charge on any atom is -0.334 e. The topological polar surface area (TPSA) is 74.8 Å². The van der Waals surface area contributed by atoms with E-state index in [-0.39, 0.29) is 28.4 Å². The second-order valence-electron chi connectivity index (χ2n) is 9.34. The van der Waals surface area contributed by atoms with E-state index < -0.39 is 9.84 Å². The van der Waals surface area contributed by atoms with Crippen LogP contribution in [0, 0.1) is 5.92 Å². The number of rotatable bonds is 10. The van der Waals surface area contributed by atoms with Crippen LogP contribution in [0.25, 0.3) is 0 Å². The second-order valence-corrected chi connectivity index (χ2v) is 11.4. The number of nitrogens with zero attached hydrogens (tertiary/aromatic N) is 2. The molecule has 4 rings (SSSR count).